The highest BCUT2D eigenvalue weighted by atomic mass is 31.2. The van der Waals surface area contributed by atoms with Gasteiger partial charge < -0.3 is 126 Å². The topological polar surface area (TPSA) is 750 Å². The number of aliphatic hydroxyl groups excluding tert-OH is 2. The number of carbonyl (C=O) groups excluding carboxylic acids is 15. The molecule has 46 nitrogen and oxygen atoms in total. The van der Waals surface area contributed by atoms with E-state index in [1.54, 1.807) is 58.0 Å². The Balaban J connectivity index is 1.99. The summed E-state index contributed by atoms with van der Waals surface area (Å²) >= 11 is 0. The van der Waals surface area contributed by atoms with Crippen LogP contribution in [0.2, 0.25) is 0 Å². The van der Waals surface area contributed by atoms with Gasteiger partial charge in [-0.1, -0.05) is 76.6 Å². The molecular formula is C73H110N17O29P. The molecule has 666 valence electrons. The van der Waals surface area contributed by atoms with E-state index in [0.29, 0.717) is 12.0 Å². The number of phosphoric ester groups is 1. The highest BCUT2D eigenvalue weighted by Gasteiger charge is 2.42. The van der Waals surface area contributed by atoms with E-state index >= 15 is 4.79 Å². The third-order valence-electron chi connectivity index (χ3n) is 18.5. The quantitative estimate of drug-likeness (QED) is 0.0216. The van der Waals surface area contributed by atoms with Crippen molar-refractivity contribution in [2.45, 2.75) is 216 Å². The molecular weight excluding hydrogens is 1610 g/mol. The molecule has 47 heteroatoms. The number of unbranched alkanes of at least 4 members (excludes halogenated alkanes) is 1. The minimum Gasteiger partial charge on any atom is -0.481 e. The Morgan fingerprint density at radius 3 is 1.43 bits per heavy atom. The molecule has 1 aliphatic heterocycles. The van der Waals surface area contributed by atoms with Crippen molar-refractivity contribution in [3.8, 4) is 5.75 Å². The molecule has 2 aromatic carbocycles. The van der Waals surface area contributed by atoms with E-state index in [2.05, 4.69) is 68.3 Å². The number of hydrogen-bond donors (Lipinski definition) is 24. The van der Waals surface area contributed by atoms with E-state index in [4.69, 9.17) is 17.2 Å². The number of carbonyl (C=O) groups is 19. The van der Waals surface area contributed by atoms with Gasteiger partial charge in [0.1, 0.15) is 78.3 Å². The lowest BCUT2D eigenvalue weighted by molar-refractivity contribution is -0.144. The fourth-order valence-corrected chi connectivity index (χ4v) is 12.3. The molecule has 0 aromatic heterocycles. The molecule has 0 aliphatic carbocycles. The molecule has 2 aromatic rings. The summed E-state index contributed by atoms with van der Waals surface area (Å²) < 4.78 is 16.3. The Labute approximate surface area is 688 Å². The zero-order valence-corrected chi connectivity index (χ0v) is 67.6. The van der Waals surface area contributed by atoms with E-state index in [0.717, 1.165) is 17.0 Å². The number of hydrogen-bond acceptors (Lipinski definition) is 25. The number of primary amides is 1. The molecule has 120 heavy (non-hydrogen) atoms. The number of rotatable bonds is 55. The number of aliphatic carboxylic acids is 4. The highest BCUT2D eigenvalue weighted by molar-refractivity contribution is 7.46. The minimum absolute atomic E-state index is 0.0568. The molecule has 0 radical (unpaired) electrons. The summed E-state index contributed by atoms with van der Waals surface area (Å²) in [4.78, 5) is 274. The standard InChI is InChI=1S/C73H110N17O29P/c1-6-38(4)60(73(114)115)89-69(110)47(29-37(2)3)84-68(109)50(32-59(100)101)85-65(106)45(21-24-54(76)93)82-67(108)49(30-40-13-8-7-9-14-40)86-71(112)53-16-12-28-90(53)72(113)46(15-10-11-27-74)83-66(107)48(31-41-17-19-42(20-18-41)119-120(116,117)118)80-56(95)34-77-62(103)43(22-25-57(96)97)81-64(105)44(23-26-58(98)99)79-55(94)33-78-63(104)51(35-91)88-70(111)52(36-92)87-61(102)39(5)75/h7-9,13-14,17-20,37-39,43-53,60,91-92H,6,10-12,15-16,21-36,74-75H2,1-5H3,(H2,76,93)(H,77,103)(H,78,104)(H,79,94)(H,80,95)(H,81,105)(H,82,108)(H,83,107)(H,84,109)(H,85,106)(H,86,112)(H,87,102)(H,88,111)(H,89,110)(H,96,97)(H,98,99)(H,100,101)(H,114,115)(H2,116,117,118)/t38-,39-,43-,44-,45-,46-,47-,48-,49-,50-,51-,52-,53-,60-/m0/s1. The summed E-state index contributed by atoms with van der Waals surface area (Å²) in [7, 11) is -5.11. The molecule has 3 rings (SSSR count). The molecule has 0 bridgehead atoms. The molecule has 1 heterocycles. The van der Waals surface area contributed by atoms with E-state index in [1.165, 1.54) is 19.1 Å². The highest BCUT2D eigenvalue weighted by Crippen LogP contribution is 2.37. The summed E-state index contributed by atoms with van der Waals surface area (Å²) in [5.74, 6) is -23.9. The van der Waals surface area contributed by atoms with Crippen LogP contribution in [0.15, 0.2) is 54.6 Å². The number of likely N-dealkylation sites (tertiary alicyclic amines) is 1. The van der Waals surface area contributed by atoms with Gasteiger partial charge in [-0.15, -0.1) is 0 Å². The van der Waals surface area contributed by atoms with Gasteiger partial charge in [0.05, 0.1) is 38.8 Å². The first-order valence-corrected chi connectivity index (χ1v) is 39.8. The van der Waals surface area contributed by atoms with Crippen LogP contribution in [0.1, 0.15) is 136 Å². The van der Waals surface area contributed by atoms with Gasteiger partial charge in [-0.3, -0.25) is 96.1 Å². The predicted molar refractivity (Wildman–Crippen MR) is 417 cm³/mol. The van der Waals surface area contributed by atoms with Crippen molar-refractivity contribution in [1.82, 2.24) is 74.0 Å². The van der Waals surface area contributed by atoms with Gasteiger partial charge in [0, 0.05) is 38.6 Å². The van der Waals surface area contributed by atoms with E-state index in [9.17, 15) is 131 Å². The number of nitrogens with zero attached hydrogens (tertiary/aromatic N) is 1. The molecule has 0 unspecified atom stereocenters. The molecule has 0 saturated carbocycles. The number of aliphatic hydroxyl groups is 2. The van der Waals surface area contributed by atoms with Gasteiger partial charge in [0.25, 0.3) is 0 Å². The lowest BCUT2D eigenvalue weighted by Gasteiger charge is -2.31. The Hall–Kier alpha value is -11.8. The van der Waals surface area contributed by atoms with Crippen LogP contribution in [-0.2, 0) is 109 Å². The van der Waals surface area contributed by atoms with Gasteiger partial charge in [0.15, 0.2) is 0 Å². The van der Waals surface area contributed by atoms with Crippen LogP contribution in [0, 0.1) is 11.8 Å². The average molecular weight is 1720 g/mol. The van der Waals surface area contributed by atoms with Gasteiger partial charge in [-0.25, -0.2) is 9.36 Å². The molecule has 15 amide bonds. The zero-order chi connectivity index (χ0) is 90.3. The lowest BCUT2D eigenvalue weighted by Crippen LogP contribution is -2.60. The smallest absolute Gasteiger partial charge is 0.481 e. The van der Waals surface area contributed by atoms with Gasteiger partial charge in [-0.05, 0) is 106 Å². The van der Waals surface area contributed by atoms with Crippen molar-refractivity contribution < 1.29 is 141 Å². The van der Waals surface area contributed by atoms with Crippen LogP contribution >= 0.6 is 7.82 Å². The predicted octanol–water partition coefficient (Wildman–Crippen LogP) is -7.39. The molecule has 1 aliphatic rings. The van der Waals surface area contributed by atoms with Crippen molar-refractivity contribution in [2.75, 3.05) is 39.4 Å². The first-order valence-electron chi connectivity index (χ1n) is 38.3. The Morgan fingerprint density at radius 1 is 0.500 bits per heavy atom. The Bertz CT molecular complexity index is 3970. The Morgan fingerprint density at radius 2 is 0.933 bits per heavy atom. The van der Waals surface area contributed by atoms with Crippen molar-refractivity contribution in [3.05, 3.63) is 65.7 Å². The fourth-order valence-electron chi connectivity index (χ4n) is 11.9. The van der Waals surface area contributed by atoms with E-state index in [1.807, 2.05) is 5.32 Å². The first-order chi connectivity index (χ1) is 56.4. The number of benzene rings is 2. The van der Waals surface area contributed by atoms with Gasteiger partial charge in [-0.2, -0.15) is 0 Å². The minimum atomic E-state index is -5.11. The maximum Gasteiger partial charge on any atom is 0.524 e. The second-order valence-corrected chi connectivity index (χ2v) is 29.9. The summed E-state index contributed by atoms with van der Waals surface area (Å²) in [5.41, 5.74) is 17.4. The number of phosphoric acid groups is 1. The number of nitrogens with two attached hydrogens (primary N) is 3. The summed E-state index contributed by atoms with van der Waals surface area (Å²) in [6, 6.07) is -8.68. The average Bonchev–Trinajstić information content (AvgIpc) is 1.64. The van der Waals surface area contributed by atoms with Crippen molar-refractivity contribution in [1.29, 1.82) is 0 Å². The van der Waals surface area contributed by atoms with Crippen LogP contribution in [0.3, 0.4) is 0 Å². The zero-order valence-electron chi connectivity index (χ0n) is 66.7. The second-order valence-electron chi connectivity index (χ2n) is 28.7. The third-order valence-corrected chi connectivity index (χ3v) is 18.9. The van der Waals surface area contributed by atoms with Crippen LogP contribution in [0.4, 0.5) is 0 Å². The second kappa shape index (κ2) is 51.5. The van der Waals surface area contributed by atoms with E-state index in [-0.39, 0.29) is 75.3 Å². The number of carboxylic acid groups (broad SMARTS) is 4. The normalized spacial score (nSPS) is 15.7. The number of carboxylic acids is 4. The molecule has 0 spiro atoms. The van der Waals surface area contributed by atoms with Crippen molar-refractivity contribution in [2.24, 2.45) is 29.0 Å². The summed E-state index contributed by atoms with van der Waals surface area (Å²) in [5, 5.41) is 88.3. The maximum absolute atomic E-state index is 15.1. The SMILES string of the molecule is CC[C@H](C)[C@H](NC(=O)[C@H](CC(C)C)NC(=O)[C@H](CC(=O)O)NC(=O)[C@H](CCC(N)=O)NC(=O)[C@H](Cc1ccccc1)NC(=O)[C@@H]1CCCN1C(=O)[C@H](CCCCN)NC(=O)[C@H](Cc1ccc(OP(=O)(O)O)cc1)NC(=O)CNC(=O)[C@H](CCC(=O)O)NC(=O)[C@H](CCC(=O)O)NC(=O)CNC(=O)[C@H](CO)NC(=O)[C@H](CO)NC(=O)[C@H](C)N)C(=O)O. The lowest BCUT2D eigenvalue weighted by atomic mass is 9.97. The van der Waals surface area contributed by atoms with Crippen LogP contribution < -0.4 is 90.8 Å². The largest absolute Gasteiger partial charge is 0.524 e. The van der Waals surface area contributed by atoms with E-state index < -0.39 is 282 Å². The number of nitrogens with one attached hydrogen (secondary N) is 13. The molecule has 1 fully saturated rings. The first kappa shape index (κ1) is 102. The van der Waals surface area contributed by atoms with Crippen molar-refractivity contribution >= 4 is 120 Å². The molecule has 14 atom stereocenters. The maximum atomic E-state index is 15.1. The van der Waals surface area contributed by atoms with Crippen LogP contribution in [0.5, 0.6) is 5.75 Å². The molecule has 1 saturated heterocycles. The van der Waals surface area contributed by atoms with Crippen LogP contribution in [-0.4, -0.2) is 276 Å². The van der Waals surface area contributed by atoms with Gasteiger partial charge in [0.2, 0.25) is 88.6 Å². The van der Waals surface area contributed by atoms with Gasteiger partial charge >= 0.3 is 31.7 Å². The third kappa shape index (κ3) is 37.4. The number of amides is 15. The Kier molecular flexibility index (Phi) is 43.9. The molecule has 27 N–H and O–H groups in total. The van der Waals surface area contributed by atoms with Crippen molar-refractivity contribution in [3.63, 3.8) is 0 Å². The van der Waals surface area contributed by atoms with Crippen LogP contribution in [0.25, 0.3) is 0 Å². The summed E-state index contributed by atoms with van der Waals surface area (Å²) in [6.45, 7) is 3.66. The fraction of sp³-hybridized carbons (Fsp3) is 0.575. The summed E-state index contributed by atoms with van der Waals surface area (Å²) in [6.07, 6.45) is -5.63. The monoisotopic (exact) mass is 1720 g/mol.